The first-order valence-corrected chi connectivity index (χ1v) is 6.81. The molecule has 0 aromatic carbocycles. The Balaban J connectivity index is 2.74. The summed E-state index contributed by atoms with van der Waals surface area (Å²) < 4.78 is 5.10. The van der Waals surface area contributed by atoms with Gasteiger partial charge in [-0.25, -0.2) is 4.98 Å². The molecule has 0 saturated heterocycles. The van der Waals surface area contributed by atoms with Crippen molar-refractivity contribution in [3.63, 3.8) is 0 Å². The molecule has 4 heteroatoms. The maximum atomic E-state index is 5.10. The molecule has 1 atom stereocenters. The Labute approximate surface area is 102 Å². The van der Waals surface area contributed by atoms with Crippen molar-refractivity contribution < 1.29 is 4.74 Å². The molecule has 0 spiro atoms. The van der Waals surface area contributed by atoms with Crippen molar-refractivity contribution in [2.45, 2.75) is 38.6 Å². The van der Waals surface area contributed by atoms with Crippen LogP contribution < -0.4 is 5.32 Å². The van der Waals surface area contributed by atoms with Crippen LogP contribution >= 0.6 is 11.3 Å². The normalized spacial score (nSPS) is 14.9. The zero-order valence-electron chi connectivity index (χ0n) is 10.5. The summed E-state index contributed by atoms with van der Waals surface area (Å²) in [6.45, 7) is 6.06. The molecule has 1 heterocycles. The van der Waals surface area contributed by atoms with E-state index >= 15 is 0 Å². The van der Waals surface area contributed by atoms with E-state index in [2.05, 4.69) is 24.1 Å². The summed E-state index contributed by atoms with van der Waals surface area (Å²) >= 11 is 1.74. The lowest BCUT2D eigenvalue weighted by Crippen LogP contribution is -2.43. The largest absolute Gasteiger partial charge is 0.383 e. The molecule has 0 fully saturated rings. The molecule has 92 valence electrons. The second kappa shape index (κ2) is 6.99. The Morgan fingerprint density at radius 3 is 2.81 bits per heavy atom. The van der Waals surface area contributed by atoms with Gasteiger partial charge in [0, 0.05) is 25.2 Å². The number of thiazole rings is 1. The summed E-state index contributed by atoms with van der Waals surface area (Å²) in [7, 11) is 1.73. The smallest absolute Gasteiger partial charge is 0.113 e. The topological polar surface area (TPSA) is 34.1 Å². The van der Waals surface area contributed by atoms with Crippen LogP contribution in [0.25, 0.3) is 0 Å². The highest BCUT2D eigenvalue weighted by molar-refractivity contribution is 7.09. The van der Waals surface area contributed by atoms with Crippen molar-refractivity contribution in [3.8, 4) is 0 Å². The number of hydrogen-bond acceptors (Lipinski definition) is 4. The summed E-state index contributed by atoms with van der Waals surface area (Å²) in [5, 5.41) is 6.86. The van der Waals surface area contributed by atoms with Crippen LogP contribution in [0.15, 0.2) is 11.6 Å². The van der Waals surface area contributed by atoms with Gasteiger partial charge in [0.25, 0.3) is 0 Å². The molecule has 1 N–H and O–H groups in total. The van der Waals surface area contributed by atoms with E-state index in [1.165, 1.54) is 5.01 Å². The van der Waals surface area contributed by atoms with E-state index in [1.807, 2.05) is 11.6 Å². The van der Waals surface area contributed by atoms with Crippen LogP contribution in [0, 0.1) is 0 Å². The van der Waals surface area contributed by atoms with Crippen molar-refractivity contribution in [1.29, 1.82) is 0 Å². The molecule has 16 heavy (non-hydrogen) atoms. The van der Waals surface area contributed by atoms with E-state index in [1.54, 1.807) is 18.4 Å². The van der Waals surface area contributed by atoms with E-state index in [4.69, 9.17) is 4.74 Å². The molecule has 1 aromatic rings. The fraction of sp³-hybridized carbons (Fsp3) is 0.750. The predicted octanol–water partition coefficient (Wildman–Crippen LogP) is 2.78. The first-order valence-electron chi connectivity index (χ1n) is 5.93. The van der Waals surface area contributed by atoms with Gasteiger partial charge in [-0.2, -0.15) is 0 Å². The van der Waals surface area contributed by atoms with Crippen molar-refractivity contribution in [2.24, 2.45) is 0 Å². The van der Waals surface area contributed by atoms with Gasteiger partial charge < -0.3 is 10.1 Å². The molecule has 1 unspecified atom stereocenters. The summed E-state index contributed by atoms with van der Waals surface area (Å²) in [5.41, 5.74) is 0.0431. The first kappa shape index (κ1) is 13.6. The SMILES string of the molecule is CCCC(CC)(NCCOC)c1nccs1. The zero-order valence-corrected chi connectivity index (χ0v) is 11.3. The van der Waals surface area contributed by atoms with Gasteiger partial charge in [0.15, 0.2) is 0 Å². The zero-order chi connectivity index (χ0) is 11.9. The second-order valence-electron chi connectivity index (χ2n) is 3.94. The quantitative estimate of drug-likeness (QED) is 0.712. The maximum absolute atomic E-state index is 5.10. The van der Waals surface area contributed by atoms with Gasteiger partial charge in [0.1, 0.15) is 5.01 Å². The van der Waals surface area contributed by atoms with E-state index in [0.717, 1.165) is 32.4 Å². The lowest BCUT2D eigenvalue weighted by atomic mass is 9.91. The fourth-order valence-electron chi connectivity index (χ4n) is 2.00. The van der Waals surface area contributed by atoms with Gasteiger partial charge in [-0.15, -0.1) is 11.3 Å². The molecule has 0 aliphatic rings. The third kappa shape index (κ3) is 3.27. The van der Waals surface area contributed by atoms with Crippen molar-refractivity contribution >= 4 is 11.3 Å². The number of ether oxygens (including phenoxy) is 1. The Morgan fingerprint density at radius 1 is 1.50 bits per heavy atom. The third-order valence-corrected chi connectivity index (χ3v) is 3.87. The number of methoxy groups -OCH3 is 1. The summed E-state index contributed by atoms with van der Waals surface area (Å²) in [5.74, 6) is 0. The first-order chi connectivity index (χ1) is 7.79. The minimum absolute atomic E-state index is 0.0431. The van der Waals surface area contributed by atoms with E-state index in [-0.39, 0.29) is 5.54 Å². The van der Waals surface area contributed by atoms with Gasteiger partial charge >= 0.3 is 0 Å². The molecule has 1 rings (SSSR count). The highest BCUT2D eigenvalue weighted by atomic mass is 32.1. The summed E-state index contributed by atoms with van der Waals surface area (Å²) in [4.78, 5) is 4.47. The molecular weight excluding hydrogens is 220 g/mol. The highest BCUT2D eigenvalue weighted by Crippen LogP contribution is 2.31. The van der Waals surface area contributed by atoms with Gasteiger partial charge in [-0.3, -0.25) is 0 Å². The molecule has 0 bridgehead atoms. The summed E-state index contributed by atoms with van der Waals surface area (Å²) in [6, 6.07) is 0. The molecule has 0 radical (unpaired) electrons. The van der Waals surface area contributed by atoms with E-state index in [9.17, 15) is 0 Å². The lowest BCUT2D eigenvalue weighted by molar-refractivity contribution is 0.178. The Morgan fingerprint density at radius 2 is 2.31 bits per heavy atom. The average molecular weight is 242 g/mol. The minimum atomic E-state index is 0.0431. The average Bonchev–Trinajstić information content (AvgIpc) is 2.82. The van der Waals surface area contributed by atoms with Crippen LogP contribution in [0.3, 0.4) is 0 Å². The molecule has 1 aromatic heterocycles. The van der Waals surface area contributed by atoms with Crippen LogP contribution in [0.2, 0.25) is 0 Å². The van der Waals surface area contributed by atoms with Crippen LogP contribution in [0.4, 0.5) is 0 Å². The van der Waals surface area contributed by atoms with Gasteiger partial charge in [0.05, 0.1) is 12.1 Å². The lowest BCUT2D eigenvalue weighted by Gasteiger charge is -2.32. The highest BCUT2D eigenvalue weighted by Gasteiger charge is 2.30. The Hall–Kier alpha value is -0.450. The van der Waals surface area contributed by atoms with Crippen molar-refractivity contribution in [3.05, 3.63) is 16.6 Å². The van der Waals surface area contributed by atoms with Crippen molar-refractivity contribution in [2.75, 3.05) is 20.3 Å². The Kier molecular flexibility index (Phi) is 5.95. The number of aromatic nitrogens is 1. The van der Waals surface area contributed by atoms with E-state index in [0.29, 0.717) is 0 Å². The predicted molar refractivity (Wildman–Crippen MR) is 68.9 cm³/mol. The standard InChI is InChI=1S/C12H22N2OS/c1-4-6-12(5-2,14-7-9-15-3)11-13-8-10-16-11/h8,10,14H,4-7,9H2,1-3H3. The summed E-state index contributed by atoms with van der Waals surface area (Å²) in [6.07, 6.45) is 5.24. The fourth-order valence-corrected chi connectivity index (χ4v) is 2.92. The van der Waals surface area contributed by atoms with Gasteiger partial charge in [0.2, 0.25) is 0 Å². The molecule has 0 amide bonds. The third-order valence-electron chi connectivity index (χ3n) is 2.89. The van der Waals surface area contributed by atoms with Crippen LogP contribution in [-0.4, -0.2) is 25.2 Å². The Bertz CT molecular complexity index is 277. The van der Waals surface area contributed by atoms with Crippen LogP contribution in [-0.2, 0) is 10.3 Å². The number of rotatable bonds is 8. The maximum Gasteiger partial charge on any atom is 0.113 e. The molecule has 0 saturated carbocycles. The van der Waals surface area contributed by atoms with Gasteiger partial charge in [-0.05, 0) is 12.8 Å². The number of nitrogens with zero attached hydrogens (tertiary/aromatic N) is 1. The monoisotopic (exact) mass is 242 g/mol. The molecule has 0 aliphatic heterocycles. The number of nitrogens with one attached hydrogen (secondary N) is 1. The second-order valence-corrected chi connectivity index (χ2v) is 4.84. The minimum Gasteiger partial charge on any atom is -0.383 e. The van der Waals surface area contributed by atoms with Crippen LogP contribution in [0.5, 0.6) is 0 Å². The van der Waals surface area contributed by atoms with Gasteiger partial charge in [-0.1, -0.05) is 20.3 Å². The molecule has 0 aliphatic carbocycles. The van der Waals surface area contributed by atoms with E-state index < -0.39 is 0 Å². The van der Waals surface area contributed by atoms with Crippen LogP contribution in [0.1, 0.15) is 38.1 Å². The molecule has 3 nitrogen and oxygen atoms in total. The van der Waals surface area contributed by atoms with Crippen molar-refractivity contribution in [1.82, 2.24) is 10.3 Å². The number of hydrogen-bond donors (Lipinski definition) is 1. The molecular formula is C12H22N2OS.